The first-order valence-corrected chi connectivity index (χ1v) is 6.29. The Labute approximate surface area is 93.0 Å². The van der Waals surface area contributed by atoms with Crippen LogP contribution in [-0.4, -0.2) is 22.9 Å². The van der Waals surface area contributed by atoms with Crippen LogP contribution in [0, 0.1) is 5.41 Å². The van der Waals surface area contributed by atoms with Gasteiger partial charge in [-0.1, -0.05) is 20.8 Å². The summed E-state index contributed by atoms with van der Waals surface area (Å²) in [6.07, 6.45) is 7.10. The molecule has 0 saturated carbocycles. The second kappa shape index (κ2) is 3.74. The van der Waals surface area contributed by atoms with E-state index in [0.717, 1.165) is 25.7 Å². The molecule has 2 heteroatoms. The van der Waals surface area contributed by atoms with Crippen LogP contribution in [0.4, 0.5) is 0 Å². The molecule has 0 aromatic rings. The maximum atomic E-state index is 10.7. The summed E-state index contributed by atoms with van der Waals surface area (Å²) < 4.78 is 5.90. The Hall–Kier alpha value is -0.0800. The molecule has 2 heterocycles. The van der Waals surface area contributed by atoms with Gasteiger partial charge in [-0.25, -0.2) is 0 Å². The highest BCUT2D eigenvalue weighted by Gasteiger charge is 2.43. The quantitative estimate of drug-likeness (QED) is 0.669. The van der Waals surface area contributed by atoms with E-state index >= 15 is 0 Å². The number of hydrogen-bond donors (Lipinski definition) is 1. The second-order valence-corrected chi connectivity index (χ2v) is 6.32. The van der Waals surface area contributed by atoms with Crippen LogP contribution in [-0.2, 0) is 4.74 Å². The van der Waals surface area contributed by atoms with Crippen LogP contribution < -0.4 is 0 Å². The van der Waals surface area contributed by atoms with Crippen LogP contribution >= 0.6 is 0 Å². The molecule has 1 unspecified atom stereocenters. The molecular weight excluding hydrogens is 188 g/mol. The van der Waals surface area contributed by atoms with Gasteiger partial charge in [0.25, 0.3) is 0 Å². The van der Waals surface area contributed by atoms with E-state index in [1.54, 1.807) is 0 Å². The lowest BCUT2D eigenvalue weighted by Gasteiger charge is -2.42. The van der Waals surface area contributed by atoms with Gasteiger partial charge in [0.1, 0.15) is 0 Å². The third-order valence-corrected chi connectivity index (χ3v) is 4.35. The smallest absolute Gasteiger partial charge is 0.0697 e. The third-order valence-electron chi connectivity index (χ3n) is 4.35. The molecule has 2 bridgehead atoms. The van der Waals surface area contributed by atoms with Gasteiger partial charge in [-0.3, -0.25) is 0 Å². The molecule has 0 spiro atoms. The first-order chi connectivity index (χ1) is 6.91. The Morgan fingerprint density at radius 3 is 1.87 bits per heavy atom. The lowest BCUT2D eigenvalue weighted by molar-refractivity contribution is -0.104. The van der Waals surface area contributed by atoms with Gasteiger partial charge in [0.2, 0.25) is 0 Å². The molecule has 2 saturated heterocycles. The average Bonchev–Trinajstić information content (AvgIpc) is 2.56. The summed E-state index contributed by atoms with van der Waals surface area (Å²) in [5.41, 5.74) is -0.499. The van der Waals surface area contributed by atoms with Gasteiger partial charge in [-0.15, -0.1) is 0 Å². The van der Waals surface area contributed by atoms with E-state index in [4.69, 9.17) is 4.74 Å². The zero-order valence-corrected chi connectivity index (χ0v) is 10.3. The van der Waals surface area contributed by atoms with Crippen molar-refractivity contribution in [3.63, 3.8) is 0 Å². The molecule has 0 aliphatic carbocycles. The number of fused-ring (bicyclic) bond motifs is 2. The van der Waals surface area contributed by atoms with Crippen molar-refractivity contribution in [3.05, 3.63) is 0 Å². The van der Waals surface area contributed by atoms with E-state index in [9.17, 15) is 5.11 Å². The Bertz CT molecular complexity index is 215. The standard InChI is InChI=1S/C13H24O2/c1-12(2,3)13(14)8-6-10-4-5-11(15-10)7-9-13/h10-11,14H,4-9H2,1-3H3/t10-,11+,13?. The van der Waals surface area contributed by atoms with Gasteiger partial charge >= 0.3 is 0 Å². The van der Waals surface area contributed by atoms with Crippen LogP contribution in [0.15, 0.2) is 0 Å². The molecule has 88 valence electrons. The van der Waals surface area contributed by atoms with Crippen molar-refractivity contribution in [2.75, 3.05) is 0 Å². The normalized spacial score (nSPS) is 42.4. The molecule has 15 heavy (non-hydrogen) atoms. The fourth-order valence-electron chi connectivity index (χ4n) is 2.88. The predicted octanol–water partition coefficient (Wildman–Crippen LogP) is 2.89. The second-order valence-electron chi connectivity index (χ2n) is 6.32. The Morgan fingerprint density at radius 1 is 1.00 bits per heavy atom. The summed E-state index contributed by atoms with van der Waals surface area (Å²) in [6, 6.07) is 0. The number of ether oxygens (including phenoxy) is 1. The summed E-state index contributed by atoms with van der Waals surface area (Å²) in [4.78, 5) is 0. The van der Waals surface area contributed by atoms with E-state index in [1.807, 2.05) is 0 Å². The van der Waals surface area contributed by atoms with Gasteiger partial charge in [0.15, 0.2) is 0 Å². The van der Waals surface area contributed by atoms with Gasteiger partial charge in [-0.05, 0) is 43.9 Å². The molecule has 0 aromatic carbocycles. The zero-order chi connectivity index (χ0) is 11.1. The molecule has 2 rings (SSSR count). The van der Waals surface area contributed by atoms with Crippen LogP contribution in [0.1, 0.15) is 59.3 Å². The van der Waals surface area contributed by atoms with Crippen LogP contribution in [0.2, 0.25) is 0 Å². The summed E-state index contributed by atoms with van der Waals surface area (Å²) in [5.74, 6) is 0. The molecule has 2 fully saturated rings. The first-order valence-electron chi connectivity index (χ1n) is 6.29. The van der Waals surface area contributed by atoms with E-state index in [1.165, 1.54) is 12.8 Å². The van der Waals surface area contributed by atoms with Gasteiger partial charge in [0.05, 0.1) is 17.8 Å². The van der Waals surface area contributed by atoms with Gasteiger partial charge in [0, 0.05) is 0 Å². The zero-order valence-electron chi connectivity index (χ0n) is 10.3. The SMILES string of the molecule is CC(C)(C)C1(O)CC[C@H]2CC[C@@H](CC1)O2. The number of aliphatic hydroxyl groups is 1. The Balaban J connectivity index is 2.09. The maximum absolute atomic E-state index is 10.7. The summed E-state index contributed by atoms with van der Waals surface area (Å²) in [6.45, 7) is 6.45. The molecular formula is C13H24O2. The van der Waals surface area contributed by atoms with Crippen LogP contribution in [0.25, 0.3) is 0 Å². The third kappa shape index (κ3) is 2.21. The minimum absolute atomic E-state index is 0.0101. The van der Waals surface area contributed by atoms with E-state index in [-0.39, 0.29) is 5.41 Å². The lowest BCUT2D eigenvalue weighted by atomic mass is 9.70. The van der Waals surface area contributed by atoms with Crippen molar-refractivity contribution in [1.82, 2.24) is 0 Å². The van der Waals surface area contributed by atoms with Crippen molar-refractivity contribution in [3.8, 4) is 0 Å². The van der Waals surface area contributed by atoms with Crippen molar-refractivity contribution in [2.24, 2.45) is 5.41 Å². The van der Waals surface area contributed by atoms with Gasteiger partial charge in [-0.2, -0.15) is 0 Å². The maximum Gasteiger partial charge on any atom is 0.0697 e. The Kier molecular flexibility index (Phi) is 2.85. The fraction of sp³-hybridized carbons (Fsp3) is 1.00. The Morgan fingerprint density at radius 2 is 1.47 bits per heavy atom. The van der Waals surface area contributed by atoms with E-state index < -0.39 is 5.60 Å². The highest BCUT2D eigenvalue weighted by Crippen LogP contribution is 2.42. The molecule has 0 radical (unpaired) electrons. The largest absolute Gasteiger partial charge is 0.389 e. The summed E-state index contributed by atoms with van der Waals surface area (Å²) in [7, 11) is 0. The predicted molar refractivity (Wildman–Crippen MR) is 60.8 cm³/mol. The summed E-state index contributed by atoms with van der Waals surface area (Å²) >= 11 is 0. The topological polar surface area (TPSA) is 29.5 Å². The molecule has 2 aliphatic heterocycles. The lowest BCUT2D eigenvalue weighted by Crippen LogP contribution is -2.44. The highest BCUT2D eigenvalue weighted by molar-refractivity contribution is 4.94. The number of rotatable bonds is 0. The minimum atomic E-state index is -0.488. The minimum Gasteiger partial charge on any atom is -0.389 e. The molecule has 3 atom stereocenters. The first kappa shape index (κ1) is 11.4. The van der Waals surface area contributed by atoms with Crippen LogP contribution in [0.5, 0.6) is 0 Å². The molecule has 2 nitrogen and oxygen atoms in total. The van der Waals surface area contributed by atoms with Crippen LogP contribution in [0.3, 0.4) is 0 Å². The number of hydrogen-bond acceptors (Lipinski definition) is 2. The molecule has 0 aromatic heterocycles. The van der Waals surface area contributed by atoms with Crippen molar-refractivity contribution >= 4 is 0 Å². The molecule has 1 N–H and O–H groups in total. The van der Waals surface area contributed by atoms with Crippen molar-refractivity contribution < 1.29 is 9.84 Å². The van der Waals surface area contributed by atoms with E-state index in [0.29, 0.717) is 12.2 Å². The highest BCUT2D eigenvalue weighted by atomic mass is 16.5. The van der Waals surface area contributed by atoms with Gasteiger partial charge < -0.3 is 9.84 Å². The molecule has 0 amide bonds. The average molecular weight is 212 g/mol. The van der Waals surface area contributed by atoms with Crippen molar-refractivity contribution in [1.29, 1.82) is 0 Å². The monoisotopic (exact) mass is 212 g/mol. The van der Waals surface area contributed by atoms with E-state index in [2.05, 4.69) is 20.8 Å². The van der Waals surface area contributed by atoms with Crippen molar-refractivity contribution in [2.45, 2.75) is 77.1 Å². The summed E-state index contributed by atoms with van der Waals surface area (Å²) in [5, 5.41) is 10.7. The molecule has 2 aliphatic rings. The fourth-order valence-corrected chi connectivity index (χ4v) is 2.88.